The highest BCUT2D eigenvalue weighted by Gasteiger charge is 2.13. The van der Waals surface area contributed by atoms with Crippen molar-refractivity contribution >= 4 is 23.2 Å². The molecule has 0 aliphatic heterocycles. The van der Waals surface area contributed by atoms with E-state index in [1.54, 1.807) is 25.0 Å². The molecule has 0 atom stereocenters. The van der Waals surface area contributed by atoms with Crippen LogP contribution in [-0.2, 0) is 6.54 Å². The Hall–Kier alpha value is -2.99. The number of hydrogen-bond acceptors (Lipinski definition) is 5. The number of hydrogen-bond donors (Lipinski definition) is 1. The van der Waals surface area contributed by atoms with Gasteiger partial charge in [0.2, 0.25) is 5.95 Å². The highest BCUT2D eigenvalue weighted by molar-refractivity contribution is 6.30. The van der Waals surface area contributed by atoms with E-state index >= 15 is 0 Å². The first-order chi connectivity index (χ1) is 13.0. The quantitative estimate of drug-likeness (QED) is 0.694. The number of methoxy groups -OCH3 is 2. The summed E-state index contributed by atoms with van der Waals surface area (Å²) in [7, 11) is 3.16. The Morgan fingerprint density at radius 2 is 1.78 bits per heavy atom. The molecule has 27 heavy (non-hydrogen) atoms. The lowest BCUT2D eigenvalue weighted by atomic mass is 10.1. The van der Waals surface area contributed by atoms with Crippen molar-refractivity contribution in [2.75, 3.05) is 19.5 Å². The Bertz CT molecular complexity index is 1000. The van der Waals surface area contributed by atoms with Gasteiger partial charge in [-0.3, -0.25) is 4.79 Å². The van der Waals surface area contributed by atoms with Crippen molar-refractivity contribution in [1.82, 2.24) is 9.55 Å². The summed E-state index contributed by atoms with van der Waals surface area (Å²) in [6.45, 7) is 2.45. The molecular formula is C20H20ClN3O3. The number of anilines is 2. The summed E-state index contributed by atoms with van der Waals surface area (Å²) in [5.41, 5.74) is 2.25. The van der Waals surface area contributed by atoms with Crippen molar-refractivity contribution in [2.45, 2.75) is 13.5 Å². The van der Waals surface area contributed by atoms with Crippen molar-refractivity contribution < 1.29 is 9.47 Å². The van der Waals surface area contributed by atoms with Gasteiger partial charge in [0.25, 0.3) is 5.56 Å². The lowest BCUT2D eigenvalue weighted by Crippen LogP contribution is -2.17. The van der Waals surface area contributed by atoms with Crippen LogP contribution in [0, 0.1) is 6.92 Å². The van der Waals surface area contributed by atoms with Gasteiger partial charge in [0.1, 0.15) is 5.02 Å². The second-order valence-electron chi connectivity index (χ2n) is 5.98. The normalized spacial score (nSPS) is 10.5. The van der Waals surface area contributed by atoms with Gasteiger partial charge in [-0.15, -0.1) is 0 Å². The van der Waals surface area contributed by atoms with E-state index in [9.17, 15) is 4.79 Å². The Balaban J connectivity index is 2.02. The van der Waals surface area contributed by atoms with Crippen LogP contribution in [0.1, 0.15) is 11.1 Å². The SMILES string of the molecule is COc1cc(C)c(Nc2nc(=O)c(Cl)cn2Cc2ccccc2)cc1OC. The maximum Gasteiger partial charge on any atom is 0.293 e. The Kier molecular flexibility index (Phi) is 5.66. The zero-order valence-corrected chi connectivity index (χ0v) is 16.1. The maximum atomic E-state index is 12.0. The van der Waals surface area contributed by atoms with Gasteiger partial charge in [0.15, 0.2) is 11.5 Å². The lowest BCUT2D eigenvalue weighted by Gasteiger charge is -2.17. The standard InChI is InChI=1S/C20H20ClN3O3/c1-13-9-17(26-2)18(27-3)10-16(13)22-20-23-19(25)15(21)12-24(20)11-14-7-5-4-6-8-14/h4-10,12H,11H2,1-3H3,(H,22,23,25). The summed E-state index contributed by atoms with van der Waals surface area (Å²) < 4.78 is 12.5. The smallest absolute Gasteiger partial charge is 0.293 e. The minimum Gasteiger partial charge on any atom is -0.493 e. The fourth-order valence-electron chi connectivity index (χ4n) is 2.70. The number of nitrogens with zero attached hydrogens (tertiary/aromatic N) is 2. The number of nitrogens with one attached hydrogen (secondary N) is 1. The van der Waals surface area contributed by atoms with E-state index in [1.165, 1.54) is 0 Å². The molecule has 0 bridgehead atoms. The van der Waals surface area contributed by atoms with Gasteiger partial charge in [-0.2, -0.15) is 4.98 Å². The summed E-state index contributed by atoms with van der Waals surface area (Å²) in [4.78, 5) is 16.1. The second kappa shape index (κ2) is 8.14. The van der Waals surface area contributed by atoms with Gasteiger partial charge in [-0.05, 0) is 24.1 Å². The van der Waals surface area contributed by atoms with Gasteiger partial charge in [-0.25, -0.2) is 0 Å². The molecule has 140 valence electrons. The molecule has 0 unspecified atom stereocenters. The summed E-state index contributed by atoms with van der Waals surface area (Å²) in [6, 6.07) is 13.5. The highest BCUT2D eigenvalue weighted by Crippen LogP contribution is 2.34. The van der Waals surface area contributed by atoms with Crippen LogP contribution >= 0.6 is 11.6 Å². The molecule has 3 rings (SSSR count). The van der Waals surface area contributed by atoms with E-state index < -0.39 is 5.56 Å². The fourth-order valence-corrected chi connectivity index (χ4v) is 2.86. The molecule has 7 heteroatoms. The van der Waals surface area contributed by atoms with Gasteiger partial charge < -0.3 is 19.4 Å². The van der Waals surface area contributed by atoms with Crippen LogP contribution in [0.3, 0.4) is 0 Å². The number of aryl methyl sites for hydroxylation is 1. The molecule has 6 nitrogen and oxygen atoms in total. The Morgan fingerprint density at radius 3 is 2.44 bits per heavy atom. The van der Waals surface area contributed by atoms with E-state index in [1.807, 2.05) is 49.4 Å². The maximum absolute atomic E-state index is 12.0. The monoisotopic (exact) mass is 385 g/mol. The molecule has 3 aromatic rings. The van der Waals surface area contributed by atoms with Crippen molar-refractivity contribution in [3.63, 3.8) is 0 Å². The molecule has 1 N–H and O–H groups in total. The molecule has 0 amide bonds. The first-order valence-corrected chi connectivity index (χ1v) is 8.70. The molecule has 1 heterocycles. The van der Waals surface area contributed by atoms with E-state index in [2.05, 4.69) is 10.3 Å². The van der Waals surface area contributed by atoms with E-state index in [0.717, 1.165) is 16.8 Å². The average Bonchev–Trinajstić information content (AvgIpc) is 2.67. The zero-order chi connectivity index (χ0) is 19.4. The minimum absolute atomic E-state index is 0.0699. The molecule has 0 saturated heterocycles. The van der Waals surface area contributed by atoms with E-state index in [4.69, 9.17) is 21.1 Å². The first-order valence-electron chi connectivity index (χ1n) is 8.32. The molecule has 0 aliphatic rings. The minimum atomic E-state index is -0.485. The Labute approximate surface area is 162 Å². The van der Waals surface area contributed by atoms with Crippen LogP contribution in [0.15, 0.2) is 53.5 Å². The second-order valence-corrected chi connectivity index (χ2v) is 6.39. The van der Waals surface area contributed by atoms with Crippen LogP contribution in [0.2, 0.25) is 5.02 Å². The topological polar surface area (TPSA) is 65.4 Å². The molecule has 0 spiro atoms. The van der Waals surface area contributed by atoms with Crippen LogP contribution in [0.25, 0.3) is 0 Å². The largest absolute Gasteiger partial charge is 0.493 e. The summed E-state index contributed by atoms with van der Waals surface area (Å²) in [5, 5.41) is 3.28. The first kappa shape index (κ1) is 18.8. The predicted molar refractivity (Wildman–Crippen MR) is 107 cm³/mol. The van der Waals surface area contributed by atoms with Crippen LogP contribution in [-0.4, -0.2) is 23.8 Å². The van der Waals surface area contributed by atoms with Crippen molar-refractivity contribution in [3.8, 4) is 11.5 Å². The zero-order valence-electron chi connectivity index (χ0n) is 15.3. The van der Waals surface area contributed by atoms with Gasteiger partial charge in [-0.1, -0.05) is 41.9 Å². The number of halogens is 1. The van der Waals surface area contributed by atoms with E-state index in [-0.39, 0.29) is 5.02 Å². The van der Waals surface area contributed by atoms with Gasteiger partial charge in [0, 0.05) is 18.0 Å². The van der Waals surface area contributed by atoms with Crippen LogP contribution in [0.4, 0.5) is 11.6 Å². The lowest BCUT2D eigenvalue weighted by molar-refractivity contribution is 0.355. The number of benzene rings is 2. The van der Waals surface area contributed by atoms with E-state index in [0.29, 0.717) is 24.0 Å². The molecule has 0 saturated carbocycles. The fraction of sp³-hybridized carbons (Fsp3) is 0.200. The van der Waals surface area contributed by atoms with Crippen LogP contribution < -0.4 is 20.3 Å². The molecule has 0 radical (unpaired) electrons. The van der Waals surface area contributed by atoms with Gasteiger partial charge >= 0.3 is 0 Å². The van der Waals surface area contributed by atoms with Crippen molar-refractivity contribution in [3.05, 3.63) is 75.2 Å². The number of ether oxygens (including phenoxy) is 2. The third-order valence-electron chi connectivity index (χ3n) is 4.13. The summed E-state index contributed by atoms with van der Waals surface area (Å²) in [5.74, 6) is 1.60. The summed E-state index contributed by atoms with van der Waals surface area (Å²) >= 11 is 6.01. The molecule has 0 aliphatic carbocycles. The Morgan fingerprint density at radius 1 is 1.11 bits per heavy atom. The molecule has 2 aromatic carbocycles. The number of aromatic nitrogens is 2. The molecule has 0 fully saturated rings. The predicted octanol–water partition coefficient (Wildman–Crippen LogP) is 4.01. The third kappa shape index (κ3) is 4.23. The average molecular weight is 386 g/mol. The third-order valence-corrected chi connectivity index (χ3v) is 4.39. The summed E-state index contributed by atoms with van der Waals surface area (Å²) in [6.07, 6.45) is 1.59. The highest BCUT2D eigenvalue weighted by atomic mass is 35.5. The van der Waals surface area contributed by atoms with Gasteiger partial charge in [0.05, 0.1) is 20.8 Å². The van der Waals surface area contributed by atoms with Crippen molar-refractivity contribution in [2.24, 2.45) is 0 Å². The van der Waals surface area contributed by atoms with Crippen LogP contribution in [0.5, 0.6) is 11.5 Å². The van der Waals surface area contributed by atoms with Crippen molar-refractivity contribution in [1.29, 1.82) is 0 Å². The number of rotatable bonds is 6. The molecular weight excluding hydrogens is 366 g/mol. The molecule has 1 aromatic heterocycles.